The van der Waals surface area contributed by atoms with E-state index in [4.69, 9.17) is 0 Å². The molecule has 1 aliphatic rings. The van der Waals surface area contributed by atoms with Gasteiger partial charge in [-0.15, -0.1) is 0 Å². The minimum absolute atomic E-state index is 0.00964. The molecular weight excluding hydrogens is 264 g/mol. The predicted molar refractivity (Wildman–Crippen MR) is 82.8 cm³/mol. The lowest BCUT2D eigenvalue weighted by molar-refractivity contribution is -0.137. The first-order valence-corrected chi connectivity index (χ1v) is 7.69. The van der Waals surface area contributed by atoms with E-state index in [1.54, 1.807) is 4.90 Å². The third-order valence-electron chi connectivity index (χ3n) is 4.06. The van der Waals surface area contributed by atoms with Crippen molar-refractivity contribution in [1.29, 1.82) is 0 Å². The zero-order valence-corrected chi connectivity index (χ0v) is 12.8. The van der Waals surface area contributed by atoms with Crippen molar-refractivity contribution >= 4 is 11.8 Å². The number of nitrogens with zero attached hydrogens (tertiary/aromatic N) is 1. The molecule has 4 heteroatoms. The Morgan fingerprint density at radius 3 is 2.71 bits per heavy atom. The molecule has 1 aromatic carbocycles. The summed E-state index contributed by atoms with van der Waals surface area (Å²) in [5.41, 5.74) is 1.28. The number of amides is 2. The Labute approximate surface area is 126 Å². The average Bonchev–Trinajstić information content (AvgIpc) is 2.96. The molecule has 0 unspecified atom stereocenters. The molecule has 2 atom stereocenters. The summed E-state index contributed by atoms with van der Waals surface area (Å²) in [6.45, 7) is 4.25. The fraction of sp³-hybridized carbons (Fsp3) is 0.529. The predicted octanol–water partition coefficient (Wildman–Crippen LogP) is 2.13. The molecule has 0 aliphatic carbocycles. The van der Waals surface area contributed by atoms with Crippen molar-refractivity contribution in [3.63, 3.8) is 0 Å². The number of aryl methyl sites for hydroxylation is 1. The van der Waals surface area contributed by atoms with Crippen LogP contribution in [0.1, 0.15) is 38.7 Å². The minimum atomic E-state index is -0.276. The van der Waals surface area contributed by atoms with Gasteiger partial charge in [-0.3, -0.25) is 9.59 Å². The van der Waals surface area contributed by atoms with Gasteiger partial charge in [0.15, 0.2) is 0 Å². The van der Waals surface area contributed by atoms with E-state index in [2.05, 4.69) is 17.4 Å². The van der Waals surface area contributed by atoms with Crippen molar-refractivity contribution in [2.24, 2.45) is 0 Å². The van der Waals surface area contributed by atoms with Crippen LogP contribution < -0.4 is 5.32 Å². The molecule has 0 spiro atoms. The van der Waals surface area contributed by atoms with Crippen LogP contribution in [0.4, 0.5) is 0 Å². The van der Waals surface area contributed by atoms with Gasteiger partial charge in [0.1, 0.15) is 6.04 Å². The van der Waals surface area contributed by atoms with E-state index < -0.39 is 0 Å². The van der Waals surface area contributed by atoms with Crippen LogP contribution in [0, 0.1) is 0 Å². The maximum Gasteiger partial charge on any atom is 0.243 e. The Morgan fingerprint density at radius 2 is 2.05 bits per heavy atom. The van der Waals surface area contributed by atoms with Gasteiger partial charge in [0.05, 0.1) is 0 Å². The lowest BCUT2D eigenvalue weighted by Crippen LogP contribution is -2.47. The third-order valence-corrected chi connectivity index (χ3v) is 4.06. The van der Waals surface area contributed by atoms with Crippen molar-refractivity contribution in [2.75, 3.05) is 6.54 Å². The van der Waals surface area contributed by atoms with Gasteiger partial charge < -0.3 is 10.2 Å². The normalized spacial score (nSPS) is 19.3. The van der Waals surface area contributed by atoms with Crippen molar-refractivity contribution < 1.29 is 9.59 Å². The third kappa shape index (κ3) is 4.31. The molecule has 0 bridgehead atoms. The minimum Gasteiger partial charge on any atom is -0.352 e. The van der Waals surface area contributed by atoms with Crippen molar-refractivity contribution in [3.8, 4) is 0 Å². The number of likely N-dealkylation sites (tertiary alicyclic amines) is 1. The Balaban J connectivity index is 1.80. The number of hydrogen-bond acceptors (Lipinski definition) is 2. The number of rotatable bonds is 5. The Bertz CT molecular complexity index is 487. The van der Waals surface area contributed by atoms with E-state index in [0.717, 1.165) is 25.7 Å². The van der Waals surface area contributed by atoms with Gasteiger partial charge in [-0.05, 0) is 38.2 Å². The van der Waals surface area contributed by atoms with Crippen molar-refractivity contribution in [3.05, 3.63) is 35.9 Å². The summed E-state index contributed by atoms with van der Waals surface area (Å²) in [4.78, 5) is 25.5. The molecule has 1 saturated heterocycles. The summed E-state index contributed by atoms with van der Waals surface area (Å²) in [6.07, 6.45) is 3.54. The second-order valence-electron chi connectivity index (χ2n) is 5.80. The topological polar surface area (TPSA) is 49.4 Å². The molecule has 0 radical (unpaired) electrons. The number of benzene rings is 1. The van der Waals surface area contributed by atoms with E-state index >= 15 is 0 Å². The second-order valence-corrected chi connectivity index (χ2v) is 5.80. The highest BCUT2D eigenvalue weighted by atomic mass is 16.2. The molecule has 114 valence electrons. The maximum absolute atomic E-state index is 12.3. The maximum atomic E-state index is 12.3. The molecule has 1 heterocycles. The quantitative estimate of drug-likeness (QED) is 0.902. The molecule has 4 nitrogen and oxygen atoms in total. The van der Waals surface area contributed by atoms with Crippen LogP contribution in [0.15, 0.2) is 30.3 Å². The van der Waals surface area contributed by atoms with E-state index in [-0.39, 0.29) is 23.9 Å². The Kier molecular flexibility index (Phi) is 5.37. The van der Waals surface area contributed by atoms with Gasteiger partial charge in [0, 0.05) is 19.5 Å². The van der Waals surface area contributed by atoms with Gasteiger partial charge >= 0.3 is 0 Å². The number of hydrogen-bond donors (Lipinski definition) is 1. The number of carbonyl (C=O) groups excluding carboxylic acids is 2. The lowest BCUT2D eigenvalue weighted by Gasteiger charge is -2.24. The summed E-state index contributed by atoms with van der Waals surface area (Å²) >= 11 is 0. The Hall–Kier alpha value is -1.84. The van der Waals surface area contributed by atoms with Crippen molar-refractivity contribution in [1.82, 2.24) is 10.2 Å². The zero-order valence-electron chi connectivity index (χ0n) is 12.8. The monoisotopic (exact) mass is 288 g/mol. The molecule has 0 aromatic heterocycles. The average molecular weight is 288 g/mol. The van der Waals surface area contributed by atoms with Gasteiger partial charge in [-0.25, -0.2) is 0 Å². The molecule has 1 aliphatic heterocycles. The smallest absolute Gasteiger partial charge is 0.243 e. The molecule has 2 rings (SSSR count). The largest absolute Gasteiger partial charge is 0.352 e. The highest BCUT2D eigenvalue weighted by Gasteiger charge is 2.32. The standard InChI is InChI=1S/C17H24N2O2/c1-13(10-11-15-7-4-3-5-8-15)18-17(21)16-9-6-12-19(16)14(2)20/h3-5,7-8,13,16H,6,9-12H2,1-2H3,(H,18,21)/t13-,16+/m1/s1. The highest BCUT2D eigenvalue weighted by molar-refractivity contribution is 5.87. The molecule has 1 fully saturated rings. The molecule has 0 saturated carbocycles. The SMILES string of the molecule is CC(=O)N1CCC[C@H]1C(=O)N[C@H](C)CCc1ccccc1. The number of nitrogens with one attached hydrogen (secondary N) is 1. The first kappa shape index (κ1) is 15.5. The first-order chi connectivity index (χ1) is 10.1. The van der Waals surface area contributed by atoms with Crippen LogP contribution in [-0.2, 0) is 16.0 Å². The van der Waals surface area contributed by atoms with Crippen LogP contribution in [0.2, 0.25) is 0 Å². The summed E-state index contributed by atoms with van der Waals surface area (Å²) in [5.74, 6) is -0.0205. The summed E-state index contributed by atoms with van der Waals surface area (Å²) in [5, 5.41) is 3.04. The Morgan fingerprint density at radius 1 is 1.33 bits per heavy atom. The van der Waals surface area contributed by atoms with Gasteiger partial charge in [0.2, 0.25) is 11.8 Å². The second kappa shape index (κ2) is 7.25. The summed E-state index contributed by atoms with van der Waals surface area (Å²) in [7, 11) is 0. The van der Waals surface area contributed by atoms with Gasteiger partial charge in [0.25, 0.3) is 0 Å². The summed E-state index contributed by atoms with van der Waals surface area (Å²) in [6, 6.07) is 10.1. The van der Waals surface area contributed by atoms with Gasteiger partial charge in [-0.2, -0.15) is 0 Å². The van der Waals surface area contributed by atoms with E-state index in [1.165, 1.54) is 12.5 Å². The van der Waals surface area contributed by atoms with Crippen molar-refractivity contribution in [2.45, 2.75) is 51.6 Å². The molecular formula is C17H24N2O2. The van der Waals surface area contributed by atoms with Crippen LogP contribution in [0.25, 0.3) is 0 Å². The zero-order chi connectivity index (χ0) is 15.2. The molecule has 2 amide bonds. The van der Waals surface area contributed by atoms with Crippen LogP contribution in [0.5, 0.6) is 0 Å². The van der Waals surface area contributed by atoms with Gasteiger partial charge in [-0.1, -0.05) is 30.3 Å². The summed E-state index contributed by atoms with van der Waals surface area (Å²) < 4.78 is 0. The fourth-order valence-electron chi connectivity index (χ4n) is 2.86. The van der Waals surface area contributed by atoms with Crippen LogP contribution in [0.3, 0.4) is 0 Å². The van der Waals surface area contributed by atoms with E-state index in [1.807, 2.05) is 25.1 Å². The molecule has 1 N–H and O–H groups in total. The lowest BCUT2D eigenvalue weighted by atomic mass is 10.1. The first-order valence-electron chi connectivity index (χ1n) is 7.69. The fourth-order valence-corrected chi connectivity index (χ4v) is 2.86. The molecule has 21 heavy (non-hydrogen) atoms. The van der Waals surface area contributed by atoms with E-state index in [0.29, 0.717) is 6.54 Å². The highest BCUT2D eigenvalue weighted by Crippen LogP contribution is 2.17. The van der Waals surface area contributed by atoms with Crippen LogP contribution >= 0.6 is 0 Å². The molecule has 1 aromatic rings. The van der Waals surface area contributed by atoms with E-state index in [9.17, 15) is 9.59 Å². The van der Waals surface area contributed by atoms with Crippen LogP contribution in [-0.4, -0.2) is 35.3 Å². The number of carbonyl (C=O) groups is 2.